The minimum Gasteiger partial charge on any atom is -0.418 e. The van der Waals surface area contributed by atoms with E-state index in [9.17, 15) is 0 Å². The number of piperidine rings is 1. The molecular weight excluding hydrogens is 448 g/mol. The number of H-pyrrole nitrogens is 1. The summed E-state index contributed by atoms with van der Waals surface area (Å²) in [6, 6.07) is 6.57. The van der Waals surface area contributed by atoms with Crippen LogP contribution < -0.4 is 15.2 Å². The van der Waals surface area contributed by atoms with Crippen molar-refractivity contribution in [3.8, 4) is 0 Å². The summed E-state index contributed by atoms with van der Waals surface area (Å²) in [4.78, 5) is 10.7. The highest BCUT2D eigenvalue weighted by molar-refractivity contribution is 7.81. The van der Waals surface area contributed by atoms with Crippen molar-refractivity contribution in [1.29, 1.82) is 0 Å². The number of hydrogen-bond acceptors (Lipinski definition) is 6. The lowest BCUT2D eigenvalue weighted by Gasteiger charge is -2.41. The molecule has 7 nitrogen and oxygen atoms in total. The fourth-order valence-electron chi connectivity index (χ4n) is 4.41. The van der Waals surface area contributed by atoms with E-state index in [1.807, 2.05) is 29.2 Å². The van der Waals surface area contributed by atoms with Gasteiger partial charge in [-0.15, -0.1) is 0 Å². The summed E-state index contributed by atoms with van der Waals surface area (Å²) in [6.07, 6.45) is 9.98. The minimum atomic E-state index is -1.54. The SMILES string of the molecule is CCc1cnn2c(NCc3ccc[nH+]c3)cc(N3CCCC(S)C3CCO[Si](C)(C)C)nc12. The molecule has 33 heavy (non-hydrogen) atoms. The molecule has 4 rings (SSSR count). The van der Waals surface area contributed by atoms with Crippen LogP contribution in [0.5, 0.6) is 0 Å². The third-order valence-corrected chi connectivity index (χ3v) is 7.82. The normalized spacial score (nSPS) is 19.2. The first-order chi connectivity index (χ1) is 15.9. The van der Waals surface area contributed by atoms with Gasteiger partial charge in [0.15, 0.2) is 26.4 Å². The lowest BCUT2D eigenvalue weighted by molar-refractivity contribution is -0.378. The molecule has 0 aromatic carbocycles. The molecule has 2 atom stereocenters. The standard InChI is InChI=1S/C24H36N6OSSi/c1-5-19-17-27-30-22(26-16-18-8-6-11-25-15-18)14-23(28-24(19)30)29-12-7-9-21(32)20(29)10-13-31-33(2,3)4/h6,8,11,14-15,17,20-21,26,32H,5,7,9-10,12-13,16H2,1-4H3/p+1. The molecule has 2 N–H and O–H groups in total. The lowest BCUT2D eigenvalue weighted by Crippen LogP contribution is -2.47. The number of pyridine rings is 1. The summed E-state index contributed by atoms with van der Waals surface area (Å²) in [5, 5.41) is 8.53. The molecule has 0 aliphatic carbocycles. The maximum atomic E-state index is 6.20. The van der Waals surface area contributed by atoms with E-state index in [-0.39, 0.29) is 0 Å². The number of fused-ring (bicyclic) bond motifs is 1. The van der Waals surface area contributed by atoms with Crippen LogP contribution in [0.3, 0.4) is 0 Å². The van der Waals surface area contributed by atoms with Gasteiger partial charge < -0.3 is 14.6 Å². The molecule has 4 heterocycles. The Kier molecular flexibility index (Phi) is 7.60. The Bertz CT molecular complexity index is 1050. The van der Waals surface area contributed by atoms with Crippen molar-refractivity contribution in [3.63, 3.8) is 0 Å². The first-order valence-electron chi connectivity index (χ1n) is 12.0. The van der Waals surface area contributed by atoms with Crippen LogP contribution in [0.1, 0.15) is 37.3 Å². The van der Waals surface area contributed by atoms with Crippen LogP contribution in [0.4, 0.5) is 11.6 Å². The number of anilines is 2. The van der Waals surface area contributed by atoms with Gasteiger partial charge in [0.1, 0.15) is 11.6 Å². The van der Waals surface area contributed by atoms with Gasteiger partial charge in [-0.25, -0.2) is 9.97 Å². The second-order valence-electron chi connectivity index (χ2n) is 9.74. The van der Waals surface area contributed by atoms with Gasteiger partial charge in [0.2, 0.25) is 0 Å². The van der Waals surface area contributed by atoms with E-state index in [1.54, 1.807) is 0 Å². The van der Waals surface area contributed by atoms with Crippen molar-refractivity contribution >= 4 is 38.2 Å². The predicted octanol–water partition coefficient (Wildman–Crippen LogP) is 4.23. The maximum Gasteiger partial charge on any atom is 0.183 e. The number of rotatable bonds is 9. The molecule has 0 spiro atoms. The zero-order valence-electron chi connectivity index (χ0n) is 20.2. The van der Waals surface area contributed by atoms with Gasteiger partial charge in [0.25, 0.3) is 0 Å². The molecule has 2 unspecified atom stereocenters. The maximum absolute atomic E-state index is 6.20. The van der Waals surface area contributed by atoms with Crippen molar-refractivity contribution in [2.24, 2.45) is 0 Å². The molecule has 1 saturated heterocycles. The third-order valence-electron chi connectivity index (χ3n) is 6.14. The van der Waals surface area contributed by atoms with Crippen LogP contribution in [-0.4, -0.2) is 47.4 Å². The number of hydrogen-bond donors (Lipinski definition) is 2. The van der Waals surface area contributed by atoms with E-state index in [0.29, 0.717) is 17.8 Å². The predicted molar refractivity (Wildman–Crippen MR) is 140 cm³/mol. The second-order valence-corrected chi connectivity index (χ2v) is 14.9. The molecule has 3 aromatic heterocycles. The van der Waals surface area contributed by atoms with E-state index in [0.717, 1.165) is 61.7 Å². The molecule has 0 saturated carbocycles. The monoisotopic (exact) mass is 485 g/mol. The van der Waals surface area contributed by atoms with Crippen molar-refractivity contribution in [1.82, 2.24) is 14.6 Å². The zero-order chi connectivity index (χ0) is 23.4. The smallest absolute Gasteiger partial charge is 0.183 e. The van der Waals surface area contributed by atoms with E-state index in [4.69, 9.17) is 22.0 Å². The van der Waals surface area contributed by atoms with Crippen LogP contribution in [0.15, 0.2) is 36.8 Å². The van der Waals surface area contributed by atoms with Crippen LogP contribution in [0, 0.1) is 0 Å². The van der Waals surface area contributed by atoms with E-state index >= 15 is 0 Å². The van der Waals surface area contributed by atoms with Gasteiger partial charge in [-0.05, 0) is 51.4 Å². The van der Waals surface area contributed by atoms with Gasteiger partial charge in [0, 0.05) is 54.2 Å². The summed E-state index contributed by atoms with van der Waals surface area (Å²) in [5.41, 5.74) is 3.27. The highest BCUT2D eigenvalue weighted by Gasteiger charge is 2.31. The highest BCUT2D eigenvalue weighted by Crippen LogP contribution is 2.31. The Hall–Kier alpha value is -2.10. The first kappa shape index (κ1) is 24.0. The lowest BCUT2D eigenvalue weighted by atomic mass is 9.99. The number of aromatic nitrogens is 4. The number of nitrogens with zero attached hydrogens (tertiary/aromatic N) is 4. The summed E-state index contributed by atoms with van der Waals surface area (Å²) >= 11 is 4.98. The Morgan fingerprint density at radius 2 is 2.18 bits per heavy atom. The van der Waals surface area contributed by atoms with Crippen molar-refractivity contribution in [2.45, 2.75) is 70.1 Å². The van der Waals surface area contributed by atoms with E-state index < -0.39 is 8.32 Å². The molecule has 1 fully saturated rings. The molecule has 1 aliphatic heterocycles. The fraction of sp³-hybridized carbons (Fsp3) is 0.542. The zero-order valence-corrected chi connectivity index (χ0v) is 22.1. The summed E-state index contributed by atoms with van der Waals surface area (Å²) in [6.45, 7) is 11.4. The van der Waals surface area contributed by atoms with Crippen LogP contribution in [-0.2, 0) is 17.4 Å². The quantitative estimate of drug-likeness (QED) is 0.351. The number of nitrogens with one attached hydrogen (secondary N) is 2. The Labute approximate surface area is 203 Å². The number of aromatic amines is 1. The Morgan fingerprint density at radius 3 is 2.91 bits per heavy atom. The number of aryl methyl sites for hydroxylation is 1. The Balaban J connectivity index is 1.64. The molecular formula is C24H37N6OSSi+. The largest absolute Gasteiger partial charge is 0.418 e. The number of thiol groups is 1. The van der Waals surface area contributed by atoms with Crippen LogP contribution >= 0.6 is 12.6 Å². The fourth-order valence-corrected chi connectivity index (χ4v) is 5.63. The van der Waals surface area contributed by atoms with Crippen molar-refractivity contribution in [2.75, 3.05) is 23.4 Å². The molecule has 0 radical (unpaired) electrons. The van der Waals surface area contributed by atoms with E-state index in [2.05, 4.69) is 59.0 Å². The first-order valence-corrected chi connectivity index (χ1v) is 15.9. The summed E-state index contributed by atoms with van der Waals surface area (Å²) in [7, 11) is -1.54. The average molecular weight is 486 g/mol. The van der Waals surface area contributed by atoms with Gasteiger partial charge >= 0.3 is 0 Å². The van der Waals surface area contributed by atoms with Gasteiger partial charge in [-0.2, -0.15) is 22.2 Å². The summed E-state index contributed by atoms with van der Waals surface area (Å²) in [5.74, 6) is 1.95. The molecule has 3 aromatic rings. The van der Waals surface area contributed by atoms with E-state index in [1.165, 1.54) is 5.56 Å². The van der Waals surface area contributed by atoms with Crippen molar-refractivity contribution in [3.05, 3.63) is 47.9 Å². The minimum absolute atomic E-state index is 0.304. The third kappa shape index (κ3) is 5.88. The van der Waals surface area contributed by atoms with Gasteiger partial charge in [-0.3, -0.25) is 0 Å². The average Bonchev–Trinajstić information content (AvgIpc) is 3.21. The highest BCUT2D eigenvalue weighted by atomic mass is 32.1. The summed E-state index contributed by atoms with van der Waals surface area (Å²) < 4.78 is 8.13. The van der Waals surface area contributed by atoms with Crippen LogP contribution in [0.25, 0.3) is 5.65 Å². The molecule has 178 valence electrons. The van der Waals surface area contributed by atoms with Crippen LogP contribution in [0.2, 0.25) is 19.6 Å². The second kappa shape index (κ2) is 10.4. The van der Waals surface area contributed by atoms with Crippen molar-refractivity contribution < 1.29 is 9.41 Å². The topological polar surface area (TPSA) is 68.8 Å². The molecule has 0 bridgehead atoms. The Morgan fingerprint density at radius 1 is 1.33 bits per heavy atom. The van der Waals surface area contributed by atoms with Gasteiger partial charge in [0.05, 0.1) is 6.20 Å². The molecule has 9 heteroatoms. The molecule has 0 amide bonds. The van der Waals surface area contributed by atoms with Gasteiger partial charge in [-0.1, -0.05) is 6.92 Å². The molecule has 1 aliphatic rings.